The van der Waals surface area contributed by atoms with Gasteiger partial charge in [0.25, 0.3) is 5.69 Å². The van der Waals surface area contributed by atoms with Gasteiger partial charge in [-0.15, -0.1) is 0 Å². The molecular formula is C24H27N3O6S. The predicted molar refractivity (Wildman–Crippen MR) is 131 cm³/mol. The van der Waals surface area contributed by atoms with E-state index < -0.39 is 20.9 Å². The minimum absolute atomic E-state index is 0.0797. The number of esters is 1. The molecule has 0 aliphatic heterocycles. The van der Waals surface area contributed by atoms with Crippen LogP contribution in [0.5, 0.6) is 5.75 Å². The number of ether oxygens (including phenoxy) is 1. The Balaban J connectivity index is 1.47. The van der Waals surface area contributed by atoms with Gasteiger partial charge in [-0.2, -0.15) is 0 Å². The summed E-state index contributed by atoms with van der Waals surface area (Å²) in [5, 5.41) is 12.2. The molecule has 0 fully saturated rings. The number of nitrogens with zero attached hydrogens (tertiary/aromatic N) is 2. The van der Waals surface area contributed by atoms with Gasteiger partial charge < -0.3 is 9.64 Å². The molecule has 0 heterocycles. The number of nitro groups is 1. The molecule has 3 rings (SSSR count). The molecule has 9 nitrogen and oxygen atoms in total. The second-order valence-electron chi connectivity index (χ2n) is 7.96. The number of fused-ring (bicyclic) bond motifs is 1. The zero-order chi connectivity index (χ0) is 24.7. The number of non-ortho nitro benzene ring substituents is 1. The molecule has 0 saturated heterocycles. The third-order valence-electron chi connectivity index (χ3n) is 5.26. The maximum absolute atomic E-state index is 12.9. The van der Waals surface area contributed by atoms with Gasteiger partial charge in [0.15, 0.2) is 0 Å². The Morgan fingerprint density at radius 3 is 2.32 bits per heavy atom. The molecule has 0 radical (unpaired) electrons. The minimum atomic E-state index is -3.69. The van der Waals surface area contributed by atoms with Gasteiger partial charge >= 0.3 is 5.97 Å². The van der Waals surface area contributed by atoms with Crippen molar-refractivity contribution in [3.63, 3.8) is 0 Å². The van der Waals surface area contributed by atoms with Crippen LogP contribution in [0.2, 0.25) is 0 Å². The van der Waals surface area contributed by atoms with Gasteiger partial charge in [0.1, 0.15) is 5.75 Å². The number of sulfonamides is 1. The lowest BCUT2D eigenvalue weighted by atomic mass is 10.1. The largest absolute Gasteiger partial charge is 0.427 e. The highest BCUT2D eigenvalue weighted by Gasteiger charge is 2.18. The Morgan fingerprint density at radius 2 is 1.65 bits per heavy atom. The molecule has 0 spiro atoms. The standard InChI is InChI=1S/C24H27N3O6S/c1-26(2)22-10-6-9-21-20(22)8-7-11-23(21)34(31,32)25-17-5-3-4-12-24(28)33-19-15-13-18(14-16-19)27(29)30/h6-11,13-16,25H,3-5,12,17H2,1-2H3. The van der Waals surface area contributed by atoms with Crippen LogP contribution in [0.1, 0.15) is 25.7 Å². The molecule has 0 amide bonds. The van der Waals surface area contributed by atoms with Crippen LogP contribution in [0.15, 0.2) is 65.6 Å². The highest BCUT2D eigenvalue weighted by Crippen LogP contribution is 2.30. The smallest absolute Gasteiger partial charge is 0.311 e. The molecule has 3 aromatic rings. The Hall–Kier alpha value is -3.50. The van der Waals surface area contributed by atoms with Crippen molar-refractivity contribution in [2.45, 2.75) is 30.6 Å². The molecule has 0 unspecified atom stereocenters. The fourth-order valence-electron chi connectivity index (χ4n) is 3.56. The average molecular weight is 486 g/mol. The fraction of sp³-hybridized carbons (Fsp3) is 0.292. The summed E-state index contributed by atoms with van der Waals surface area (Å²) in [6.45, 7) is 0.253. The van der Waals surface area contributed by atoms with Gasteiger partial charge in [0, 0.05) is 55.7 Å². The third-order valence-corrected chi connectivity index (χ3v) is 6.78. The van der Waals surface area contributed by atoms with E-state index in [-0.39, 0.29) is 29.3 Å². The molecule has 0 saturated carbocycles. The number of hydrogen-bond donors (Lipinski definition) is 1. The second-order valence-corrected chi connectivity index (χ2v) is 9.69. The summed E-state index contributed by atoms with van der Waals surface area (Å²) in [5.74, 6) is -0.197. The highest BCUT2D eigenvalue weighted by molar-refractivity contribution is 7.89. The van der Waals surface area contributed by atoms with Crippen molar-refractivity contribution in [3.8, 4) is 5.75 Å². The number of unbranched alkanes of at least 4 members (excludes halogenated alkanes) is 2. The summed E-state index contributed by atoms with van der Waals surface area (Å²) in [4.78, 5) is 24.2. The van der Waals surface area contributed by atoms with Crippen LogP contribution in [-0.2, 0) is 14.8 Å². The first-order valence-electron chi connectivity index (χ1n) is 10.8. The Bertz CT molecular complexity index is 1270. The van der Waals surface area contributed by atoms with Crippen LogP contribution in [-0.4, -0.2) is 40.0 Å². The molecule has 0 aromatic heterocycles. The van der Waals surface area contributed by atoms with Crippen molar-refractivity contribution in [3.05, 3.63) is 70.8 Å². The Labute approximate surface area is 198 Å². The topological polar surface area (TPSA) is 119 Å². The monoisotopic (exact) mass is 485 g/mol. The molecule has 0 aliphatic rings. The summed E-state index contributed by atoms with van der Waals surface area (Å²) >= 11 is 0. The number of carbonyl (C=O) groups excluding carboxylic acids is 1. The van der Waals surface area contributed by atoms with E-state index >= 15 is 0 Å². The molecular weight excluding hydrogens is 458 g/mol. The number of benzene rings is 3. The van der Waals surface area contributed by atoms with Crippen molar-refractivity contribution in [1.29, 1.82) is 0 Å². The number of rotatable bonds is 11. The lowest BCUT2D eigenvalue weighted by molar-refractivity contribution is -0.384. The van der Waals surface area contributed by atoms with Gasteiger partial charge in [0.05, 0.1) is 9.82 Å². The van der Waals surface area contributed by atoms with Crippen LogP contribution in [0.25, 0.3) is 10.8 Å². The molecule has 180 valence electrons. The number of nitro benzene ring substituents is 1. The summed E-state index contributed by atoms with van der Waals surface area (Å²) in [7, 11) is 0.134. The first-order chi connectivity index (χ1) is 16.2. The van der Waals surface area contributed by atoms with Gasteiger partial charge in [-0.3, -0.25) is 14.9 Å². The third kappa shape index (κ3) is 6.30. The van der Waals surface area contributed by atoms with Crippen molar-refractivity contribution < 1.29 is 22.9 Å². The highest BCUT2D eigenvalue weighted by atomic mass is 32.2. The van der Waals surface area contributed by atoms with Crippen LogP contribution in [0.4, 0.5) is 11.4 Å². The van der Waals surface area contributed by atoms with Gasteiger partial charge in [-0.25, -0.2) is 13.1 Å². The zero-order valence-corrected chi connectivity index (χ0v) is 19.9. The van der Waals surface area contributed by atoms with E-state index in [9.17, 15) is 23.3 Å². The van der Waals surface area contributed by atoms with E-state index in [1.807, 2.05) is 37.2 Å². The van der Waals surface area contributed by atoms with E-state index in [0.717, 1.165) is 11.1 Å². The summed E-state index contributed by atoms with van der Waals surface area (Å²) in [6, 6.07) is 16.1. The van der Waals surface area contributed by atoms with Crippen LogP contribution in [0, 0.1) is 10.1 Å². The first-order valence-corrected chi connectivity index (χ1v) is 12.3. The summed E-state index contributed by atoms with van der Waals surface area (Å²) in [6.07, 6.45) is 1.91. The molecule has 1 N–H and O–H groups in total. The predicted octanol–water partition coefficient (Wildman–Crippen LogP) is 4.26. The zero-order valence-electron chi connectivity index (χ0n) is 19.1. The molecule has 3 aromatic carbocycles. The molecule has 34 heavy (non-hydrogen) atoms. The first kappa shape index (κ1) is 25.1. The van der Waals surface area contributed by atoms with Crippen molar-refractivity contribution in [2.75, 3.05) is 25.5 Å². The lowest BCUT2D eigenvalue weighted by Gasteiger charge is -2.17. The van der Waals surface area contributed by atoms with Gasteiger partial charge in [-0.1, -0.05) is 30.7 Å². The van der Waals surface area contributed by atoms with Crippen molar-refractivity contribution >= 4 is 38.1 Å². The number of hydrogen-bond acceptors (Lipinski definition) is 7. The van der Waals surface area contributed by atoms with E-state index in [4.69, 9.17) is 4.74 Å². The number of anilines is 1. The lowest BCUT2D eigenvalue weighted by Crippen LogP contribution is -2.25. The fourth-order valence-corrected chi connectivity index (χ4v) is 4.86. The Morgan fingerprint density at radius 1 is 0.971 bits per heavy atom. The maximum Gasteiger partial charge on any atom is 0.311 e. The number of carbonyl (C=O) groups is 1. The van der Waals surface area contributed by atoms with E-state index in [2.05, 4.69) is 4.72 Å². The van der Waals surface area contributed by atoms with Gasteiger partial charge in [0.2, 0.25) is 10.0 Å². The van der Waals surface area contributed by atoms with Crippen LogP contribution >= 0.6 is 0 Å². The summed E-state index contributed by atoms with van der Waals surface area (Å²) < 4.78 is 33.6. The van der Waals surface area contributed by atoms with Crippen LogP contribution < -0.4 is 14.4 Å². The van der Waals surface area contributed by atoms with Gasteiger partial charge in [-0.05, 0) is 37.1 Å². The van der Waals surface area contributed by atoms with E-state index in [1.54, 1.807) is 18.2 Å². The SMILES string of the molecule is CN(C)c1cccc2c(S(=O)(=O)NCCCCCC(=O)Oc3ccc([N+](=O)[O-])cc3)cccc12. The number of nitrogens with one attached hydrogen (secondary N) is 1. The quantitative estimate of drug-likeness (QED) is 0.142. The van der Waals surface area contributed by atoms with Crippen molar-refractivity contribution in [1.82, 2.24) is 4.72 Å². The minimum Gasteiger partial charge on any atom is -0.427 e. The second kappa shape index (κ2) is 11.1. The normalized spacial score (nSPS) is 11.4. The van der Waals surface area contributed by atoms with Crippen LogP contribution in [0.3, 0.4) is 0 Å². The molecule has 0 aliphatic carbocycles. The average Bonchev–Trinajstić information content (AvgIpc) is 2.80. The van der Waals surface area contributed by atoms with E-state index in [1.165, 1.54) is 24.3 Å². The Kier molecular flexibility index (Phi) is 8.19. The molecule has 0 bridgehead atoms. The van der Waals surface area contributed by atoms with E-state index in [0.29, 0.717) is 24.6 Å². The maximum atomic E-state index is 12.9. The summed E-state index contributed by atoms with van der Waals surface area (Å²) in [5.41, 5.74) is 0.860. The molecule has 0 atom stereocenters. The molecule has 10 heteroatoms. The van der Waals surface area contributed by atoms with Crippen molar-refractivity contribution in [2.24, 2.45) is 0 Å².